The number of aliphatic carboxylic acids is 1. The van der Waals surface area contributed by atoms with Crippen LogP contribution >= 0.6 is 11.3 Å². The zero-order valence-corrected chi connectivity index (χ0v) is 19.5. The van der Waals surface area contributed by atoms with Gasteiger partial charge in [0.15, 0.2) is 0 Å². The van der Waals surface area contributed by atoms with Gasteiger partial charge in [0.2, 0.25) is 0 Å². The number of fused-ring (bicyclic) bond motifs is 3. The molecule has 166 valence electrons. The highest BCUT2D eigenvalue weighted by molar-refractivity contribution is 7.19. The van der Waals surface area contributed by atoms with Gasteiger partial charge in [-0.15, -0.1) is 11.3 Å². The molecule has 2 bridgehead atoms. The van der Waals surface area contributed by atoms with Crippen LogP contribution < -0.4 is 5.32 Å². The van der Waals surface area contributed by atoms with Gasteiger partial charge < -0.3 is 10.4 Å². The van der Waals surface area contributed by atoms with Crippen LogP contribution in [0.5, 0.6) is 0 Å². The van der Waals surface area contributed by atoms with Crippen molar-refractivity contribution >= 4 is 33.3 Å². The number of aryl methyl sites for hydroxylation is 1. The van der Waals surface area contributed by atoms with Crippen molar-refractivity contribution < 1.29 is 14.7 Å². The molecule has 0 radical (unpaired) electrons. The minimum absolute atomic E-state index is 0.0500. The molecule has 2 N–H and O–H groups in total. The van der Waals surface area contributed by atoms with Gasteiger partial charge in [-0.2, -0.15) is 0 Å². The Kier molecular flexibility index (Phi) is 6.25. The highest BCUT2D eigenvalue weighted by Crippen LogP contribution is 2.61. The van der Waals surface area contributed by atoms with E-state index in [0.717, 1.165) is 40.8 Å². The van der Waals surface area contributed by atoms with Crippen molar-refractivity contribution in [3.63, 3.8) is 0 Å². The Bertz CT molecular complexity index is 1010. The highest BCUT2D eigenvalue weighted by Gasteiger charge is 2.57. The molecule has 2 aromatic rings. The largest absolute Gasteiger partial charge is 0.481 e. The summed E-state index contributed by atoms with van der Waals surface area (Å²) in [7, 11) is 0. The first-order valence-electron chi connectivity index (χ1n) is 11.4. The fraction of sp³-hybridized carbons (Fsp3) is 0.538. The molecular weight excluding hydrogens is 406 g/mol. The van der Waals surface area contributed by atoms with E-state index in [2.05, 4.69) is 50.4 Å². The fourth-order valence-electron chi connectivity index (χ4n) is 5.73. The van der Waals surface area contributed by atoms with Gasteiger partial charge >= 0.3 is 5.97 Å². The molecule has 3 aliphatic carbocycles. The van der Waals surface area contributed by atoms with E-state index in [4.69, 9.17) is 5.11 Å². The summed E-state index contributed by atoms with van der Waals surface area (Å²) in [6, 6.07) is 8.34. The van der Waals surface area contributed by atoms with E-state index < -0.39 is 5.97 Å². The van der Waals surface area contributed by atoms with Crippen LogP contribution in [-0.2, 0) is 4.79 Å². The lowest BCUT2D eigenvalue weighted by Gasteiger charge is -2.62. The van der Waals surface area contributed by atoms with Crippen LogP contribution in [0.2, 0.25) is 0 Å². The highest BCUT2D eigenvalue weighted by atomic mass is 32.1. The lowest BCUT2D eigenvalue weighted by molar-refractivity contribution is -0.137. The minimum atomic E-state index is -0.735. The van der Waals surface area contributed by atoms with Crippen LogP contribution in [0.15, 0.2) is 36.4 Å². The van der Waals surface area contributed by atoms with Crippen molar-refractivity contribution in [2.24, 2.45) is 23.2 Å². The number of unbranched alkanes of at least 4 members (excludes halogenated alkanes) is 1. The molecule has 1 aromatic carbocycles. The first-order valence-corrected chi connectivity index (χ1v) is 12.3. The molecule has 3 fully saturated rings. The molecule has 1 heterocycles. The summed E-state index contributed by atoms with van der Waals surface area (Å²) in [6.07, 6.45) is 9.32. The van der Waals surface area contributed by atoms with E-state index in [9.17, 15) is 9.59 Å². The number of amides is 1. The minimum Gasteiger partial charge on any atom is -0.481 e. The maximum Gasteiger partial charge on any atom is 0.303 e. The van der Waals surface area contributed by atoms with Crippen LogP contribution in [0.1, 0.15) is 67.6 Å². The van der Waals surface area contributed by atoms with Crippen molar-refractivity contribution in [3.05, 3.63) is 46.9 Å². The molecule has 31 heavy (non-hydrogen) atoms. The maximum atomic E-state index is 13.4. The molecule has 3 saturated carbocycles. The number of hydrogen-bond acceptors (Lipinski definition) is 3. The predicted molar refractivity (Wildman–Crippen MR) is 127 cm³/mol. The van der Waals surface area contributed by atoms with Crippen LogP contribution in [0.25, 0.3) is 10.1 Å². The quantitative estimate of drug-likeness (QED) is 0.381. The molecular formula is C26H33NO3S. The normalized spacial score (nSPS) is 26.7. The number of allylic oxidation sites excluding steroid dienone is 2. The Morgan fingerprint density at radius 3 is 2.81 bits per heavy atom. The lowest BCUT2D eigenvalue weighted by Crippen LogP contribution is -2.63. The topological polar surface area (TPSA) is 66.4 Å². The van der Waals surface area contributed by atoms with Gasteiger partial charge in [0.1, 0.15) is 0 Å². The van der Waals surface area contributed by atoms with Crippen LogP contribution in [0.4, 0.5) is 0 Å². The number of rotatable bonds is 8. The van der Waals surface area contributed by atoms with Crippen molar-refractivity contribution in [2.75, 3.05) is 0 Å². The standard InChI is InChI=1S/C26H33NO3S/c1-16-13-18-10-8-11-20(24(18)31-16)25(30)27-23-17(9-6-4-5-7-12-22(28)29)14-19-15-21(23)26(19,2)3/h4,6,8,10-11,13,17,19,21,23H,5,7,9,12,14-15H2,1-3H3,(H,27,30)(H,28,29)/t17-,19-,21-,23?/m1/s1. The molecule has 1 aromatic heterocycles. The fourth-order valence-corrected chi connectivity index (χ4v) is 6.75. The smallest absolute Gasteiger partial charge is 0.303 e. The number of benzene rings is 1. The van der Waals surface area contributed by atoms with Gasteiger partial charge in [0, 0.05) is 22.0 Å². The Morgan fingerprint density at radius 1 is 1.26 bits per heavy atom. The number of hydrogen-bond donors (Lipinski definition) is 2. The first kappa shape index (κ1) is 22.1. The summed E-state index contributed by atoms with van der Waals surface area (Å²) >= 11 is 1.69. The summed E-state index contributed by atoms with van der Waals surface area (Å²) in [6.45, 7) is 6.79. The third kappa shape index (κ3) is 4.43. The Morgan fingerprint density at radius 2 is 2.06 bits per heavy atom. The SMILES string of the molecule is Cc1cc2cccc(C(=O)NC3[C@H](CC=CCCCC(=O)O)C[C@@H]4C[C@H]3C4(C)C)c2s1. The second kappa shape index (κ2) is 8.78. The summed E-state index contributed by atoms with van der Waals surface area (Å²) in [5.74, 6) is 1.01. The molecule has 0 saturated heterocycles. The van der Waals surface area contributed by atoms with Crippen LogP contribution in [0, 0.1) is 30.1 Å². The maximum absolute atomic E-state index is 13.4. The first-order chi connectivity index (χ1) is 14.8. The number of carbonyl (C=O) groups is 2. The number of carboxylic acid groups (broad SMARTS) is 1. The molecule has 0 spiro atoms. The molecule has 0 aliphatic heterocycles. The molecule has 3 aliphatic rings. The van der Waals surface area contributed by atoms with Crippen LogP contribution in [-0.4, -0.2) is 23.0 Å². The summed E-state index contributed by atoms with van der Waals surface area (Å²) < 4.78 is 1.08. The third-order valence-corrected chi connectivity index (χ3v) is 8.75. The van der Waals surface area contributed by atoms with Gasteiger partial charge in [0.25, 0.3) is 5.91 Å². The van der Waals surface area contributed by atoms with Crippen molar-refractivity contribution in [1.82, 2.24) is 5.32 Å². The van der Waals surface area contributed by atoms with E-state index in [1.165, 1.54) is 11.3 Å². The van der Waals surface area contributed by atoms with E-state index in [1.807, 2.05) is 12.1 Å². The summed E-state index contributed by atoms with van der Waals surface area (Å²) in [5, 5.41) is 13.4. The van der Waals surface area contributed by atoms with Crippen molar-refractivity contribution in [1.29, 1.82) is 0 Å². The molecule has 1 unspecified atom stereocenters. The van der Waals surface area contributed by atoms with E-state index in [0.29, 0.717) is 18.3 Å². The Labute approximate surface area is 188 Å². The molecule has 4 nitrogen and oxygen atoms in total. The lowest BCUT2D eigenvalue weighted by atomic mass is 9.44. The second-order valence-corrected chi connectivity index (χ2v) is 11.2. The average molecular weight is 440 g/mol. The van der Waals surface area contributed by atoms with Gasteiger partial charge in [0.05, 0.1) is 5.56 Å². The van der Waals surface area contributed by atoms with E-state index in [1.54, 1.807) is 11.3 Å². The van der Waals surface area contributed by atoms with Crippen molar-refractivity contribution in [3.8, 4) is 0 Å². The second-order valence-electron chi connectivity index (χ2n) is 9.93. The van der Waals surface area contributed by atoms with Gasteiger partial charge in [-0.25, -0.2) is 0 Å². The zero-order chi connectivity index (χ0) is 22.2. The van der Waals surface area contributed by atoms with Crippen molar-refractivity contribution in [2.45, 2.75) is 65.3 Å². The number of thiophene rings is 1. The van der Waals surface area contributed by atoms with Crippen LogP contribution in [0.3, 0.4) is 0 Å². The van der Waals surface area contributed by atoms with E-state index in [-0.39, 0.29) is 23.8 Å². The van der Waals surface area contributed by atoms with Gasteiger partial charge in [-0.3, -0.25) is 9.59 Å². The predicted octanol–water partition coefficient (Wildman–Crippen LogP) is 6.19. The third-order valence-electron chi connectivity index (χ3n) is 7.65. The molecule has 5 heteroatoms. The summed E-state index contributed by atoms with van der Waals surface area (Å²) in [4.78, 5) is 25.2. The van der Waals surface area contributed by atoms with Gasteiger partial charge in [-0.1, -0.05) is 38.1 Å². The zero-order valence-electron chi connectivity index (χ0n) is 18.7. The Balaban J connectivity index is 1.47. The number of nitrogens with one attached hydrogen (secondary N) is 1. The van der Waals surface area contributed by atoms with Gasteiger partial charge in [-0.05, 0) is 79.7 Å². The Hall–Kier alpha value is -2.14. The van der Waals surface area contributed by atoms with E-state index >= 15 is 0 Å². The molecule has 5 rings (SSSR count). The number of carboxylic acids is 1. The summed E-state index contributed by atoms with van der Waals surface area (Å²) in [5.41, 5.74) is 1.07. The number of carbonyl (C=O) groups excluding carboxylic acids is 1. The molecule has 4 atom stereocenters. The molecule has 1 amide bonds. The monoisotopic (exact) mass is 439 g/mol. The average Bonchev–Trinajstić information content (AvgIpc) is 3.10.